The highest BCUT2D eigenvalue weighted by Crippen LogP contribution is 2.05. The standard InChI is InChI=1S/C4H10O.C2HCl3/c1-4(2,3)5;3-1-2(4)5/h5H,1-3H3;1H. The monoisotopic (exact) mass is 204 g/mol. The van der Waals surface area contributed by atoms with Crippen molar-refractivity contribution in [1.29, 1.82) is 0 Å². The third kappa shape index (κ3) is 74.4. The van der Waals surface area contributed by atoms with Gasteiger partial charge in [-0.2, -0.15) is 0 Å². The molecule has 0 rings (SSSR count). The highest BCUT2D eigenvalue weighted by atomic mass is 35.5. The highest BCUT2D eigenvalue weighted by Gasteiger charge is 1.97. The summed E-state index contributed by atoms with van der Waals surface area (Å²) in [6.45, 7) is 5.23. The lowest BCUT2D eigenvalue weighted by Crippen LogP contribution is -2.10. The first-order valence-electron chi connectivity index (χ1n) is 2.61. The third-order valence-electron chi connectivity index (χ3n) is 0.0825. The van der Waals surface area contributed by atoms with Crippen LogP contribution >= 0.6 is 34.8 Å². The van der Waals surface area contributed by atoms with Crippen molar-refractivity contribution in [2.24, 2.45) is 0 Å². The van der Waals surface area contributed by atoms with Crippen LogP contribution in [0.4, 0.5) is 0 Å². The summed E-state index contributed by atoms with van der Waals surface area (Å²) in [5.41, 5.74) is 0.586. The summed E-state index contributed by atoms with van der Waals surface area (Å²) in [7, 11) is 0. The summed E-state index contributed by atoms with van der Waals surface area (Å²) < 4.78 is 0.0895. The van der Waals surface area contributed by atoms with Gasteiger partial charge in [0.15, 0.2) is 0 Å². The van der Waals surface area contributed by atoms with Crippen LogP contribution in [0.1, 0.15) is 20.8 Å². The second-order valence-electron chi connectivity index (χ2n) is 2.57. The molecule has 62 valence electrons. The van der Waals surface area contributed by atoms with E-state index in [1.54, 1.807) is 20.8 Å². The van der Waals surface area contributed by atoms with E-state index in [2.05, 4.69) is 0 Å². The normalized spacial score (nSPS) is 9.50. The van der Waals surface area contributed by atoms with Crippen LogP contribution in [0.25, 0.3) is 0 Å². The van der Waals surface area contributed by atoms with Gasteiger partial charge in [0.05, 0.1) is 5.60 Å². The maximum atomic E-state index is 8.52. The summed E-state index contributed by atoms with van der Waals surface area (Å²) in [5, 5.41) is 8.52. The van der Waals surface area contributed by atoms with Crippen LogP contribution in [-0.2, 0) is 0 Å². The quantitative estimate of drug-likeness (QED) is 0.643. The van der Waals surface area contributed by atoms with Crippen LogP contribution in [0.3, 0.4) is 0 Å². The lowest BCUT2D eigenvalue weighted by molar-refractivity contribution is 0.102. The molecule has 0 atom stereocenters. The van der Waals surface area contributed by atoms with Crippen molar-refractivity contribution >= 4 is 34.8 Å². The topological polar surface area (TPSA) is 20.2 Å². The second kappa shape index (κ2) is 6.29. The van der Waals surface area contributed by atoms with Crippen molar-refractivity contribution in [3.63, 3.8) is 0 Å². The molecule has 0 aliphatic rings. The van der Waals surface area contributed by atoms with Crippen LogP contribution in [-0.4, -0.2) is 10.7 Å². The molecule has 0 aromatic rings. The molecule has 0 aromatic heterocycles. The van der Waals surface area contributed by atoms with Crippen molar-refractivity contribution in [1.82, 2.24) is 0 Å². The molecule has 0 radical (unpaired) electrons. The Hall–Kier alpha value is 0.570. The summed E-state index contributed by atoms with van der Waals surface area (Å²) >= 11 is 14.8. The predicted molar refractivity (Wildman–Crippen MR) is 47.6 cm³/mol. The SMILES string of the molecule is CC(C)(C)O.ClC=C(Cl)Cl. The molecule has 10 heavy (non-hydrogen) atoms. The average molecular weight is 206 g/mol. The van der Waals surface area contributed by atoms with Gasteiger partial charge in [-0.05, 0) is 20.8 Å². The largest absolute Gasteiger partial charge is 0.391 e. The molecule has 1 N–H and O–H groups in total. The van der Waals surface area contributed by atoms with Gasteiger partial charge in [-0.15, -0.1) is 0 Å². The Labute approximate surface area is 76.6 Å². The van der Waals surface area contributed by atoms with Crippen molar-refractivity contribution in [2.75, 3.05) is 0 Å². The second-order valence-corrected chi connectivity index (χ2v) is 3.80. The molecule has 0 fully saturated rings. The fraction of sp³-hybridized carbons (Fsp3) is 0.667. The van der Waals surface area contributed by atoms with Crippen LogP contribution in [0, 0.1) is 0 Å². The molecule has 4 heteroatoms. The highest BCUT2D eigenvalue weighted by molar-refractivity contribution is 6.58. The molecule has 0 bridgehead atoms. The van der Waals surface area contributed by atoms with Gasteiger partial charge in [-0.1, -0.05) is 34.8 Å². The number of hydrogen-bond acceptors (Lipinski definition) is 1. The maximum absolute atomic E-state index is 8.52. The lowest BCUT2D eigenvalue weighted by atomic mass is 10.2. The first-order valence-corrected chi connectivity index (χ1v) is 3.80. The fourth-order valence-corrected chi connectivity index (χ4v) is 0. The zero-order valence-electron chi connectivity index (χ0n) is 6.16. The van der Waals surface area contributed by atoms with E-state index in [-0.39, 0.29) is 4.49 Å². The van der Waals surface area contributed by atoms with E-state index in [1.807, 2.05) is 0 Å². The van der Waals surface area contributed by atoms with E-state index in [0.717, 1.165) is 5.54 Å². The van der Waals surface area contributed by atoms with Crippen LogP contribution in [0.5, 0.6) is 0 Å². The lowest BCUT2D eigenvalue weighted by Gasteiger charge is -2.04. The van der Waals surface area contributed by atoms with Crippen molar-refractivity contribution in [3.05, 3.63) is 10.0 Å². The average Bonchev–Trinajstić information content (AvgIpc) is 1.61. The zero-order chi connectivity index (χ0) is 8.78. The molecule has 1 nitrogen and oxygen atoms in total. The van der Waals surface area contributed by atoms with E-state index in [1.165, 1.54) is 0 Å². The Morgan fingerprint density at radius 2 is 1.40 bits per heavy atom. The van der Waals surface area contributed by atoms with Crippen molar-refractivity contribution in [3.8, 4) is 0 Å². The number of halogens is 3. The Kier molecular flexibility index (Phi) is 8.29. The van der Waals surface area contributed by atoms with Crippen LogP contribution < -0.4 is 0 Å². The summed E-state index contributed by atoms with van der Waals surface area (Å²) in [4.78, 5) is 0. The van der Waals surface area contributed by atoms with Gasteiger partial charge in [0.1, 0.15) is 4.49 Å². The van der Waals surface area contributed by atoms with Gasteiger partial charge < -0.3 is 5.11 Å². The Bertz CT molecular complexity index is 94.1. The van der Waals surface area contributed by atoms with E-state index < -0.39 is 5.60 Å². The molecule has 0 aliphatic heterocycles. The Morgan fingerprint density at radius 3 is 1.40 bits per heavy atom. The Morgan fingerprint density at radius 1 is 1.30 bits per heavy atom. The Balaban J connectivity index is 0. The van der Waals surface area contributed by atoms with Crippen LogP contribution in [0.15, 0.2) is 10.0 Å². The predicted octanol–water partition coefficient (Wildman–Crippen LogP) is 3.28. The maximum Gasteiger partial charge on any atom is 0.118 e. The minimum absolute atomic E-state index is 0.0895. The molecule has 0 aliphatic carbocycles. The molecular weight excluding hydrogens is 194 g/mol. The fourth-order valence-electron chi connectivity index (χ4n) is 0. The van der Waals surface area contributed by atoms with Gasteiger partial charge >= 0.3 is 0 Å². The first kappa shape index (κ1) is 13.2. The van der Waals surface area contributed by atoms with E-state index in [4.69, 9.17) is 39.9 Å². The van der Waals surface area contributed by atoms with E-state index in [9.17, 15) is 0 Å². The third-order valence-corrected chi connectivity index (χ3v) is 0.742. The van der Waals surface area contributed by atoms with Gasteiger partial charge in [-0.25, -0.2) is 0 Å². The van der Waals surface area contributed by atoms with E-state index >= 15 is 0 Å². The van der Waals surface area contributed by atoms with Gasteiger partial charge in [0, 0.05) is 5.54 Å². The summed E-state index contributed by atoms with van der Waals surface area (Å²) in [5.74, 6) is 0. The zero-order valence-corrected chi connectivity index (χ0v) is 8.43. The smallest absolute Gasteiger partial charge is 0.118 e. The van der Waals surface area contributed by atoms with Gasteiger partial charge in [0.2, 0.25) is 0 Å². The van der Waals surface area contributed by atoms with Gasteiger partial charge in [-0.3, -0.25) is 0 Å². The molecule has 0 saturated carbocycles. The molecule has 0 spiro atoms. The number of aliphatic hydroxyl groups is 1. The van der Waals surface area contributed by atoms with Crippen molar-refractivity contribution in [2.45, 2.75) is 26.4 Å². The molecular formula is C6H11Cl3O. The number of hydrogen-bond donors (Lipinski definition) is 1. The van der Waals surface area contributed by atoms with Gasteiger partial charge in [0.25, 0.3) is 0 Å². The summed E-state index contributed by atoms with van der Waals surface area (Å²) in [6.07, 6.45) is 0. The van der Waals surface area contributed by atoms with Crippen LogP contribution in [0.2, 0.25) is 0 Å². The molecule has 0 heterocycles. The molecule has 0 amide bonds. The molecule has 0 unspecified atom stereocenters. The number of rotatable bonds is 0. The first-order chi connectivity index (χ1) is 4.27. The summed E-state index contributed by atoms with van der Waals surface area (Å²) in [6, 6.07) is 0. The molecule has 0 aromatic carbocycles. The minimum atomic E-state index is -0.500. The molecule has 0 saturated heterocycles. The van der Waals surface area contributed by atoms with E-state index in [0.29, 0.717) is 0 Å². The van der Waals surface area contributed by atoms with Crippen molar-refractivity contribution < 1.29 is 5.11 Å². The minimum Gasteiger partial charge on any atom is -0.391 e.